The van der Waals surface area contributed by atoms with Crippen LogP contribution in [-0.2, 0) is 5.41 Å². The molecule has 0 spiro atoms. The lowest BCUT2D eigenvalue weighted by Gasteiger charge is -2.32. The Bertz CT molecular complexity index is 2400. The van der Waals surface area contributed by atoms with Gasteiger partial charge in [-0.05, 0) is 86.9 Å². The Morgan fingerprint density at radius 3 is 2.13 bits per heavy atom. The maximum Gasteiger partial charge on any atom is 0.227 e. The van der Waals surface area contributed by atoms with Crippen LogP contribution in [0.1, 0.15) is 25.0 Å². The summed E-state index contributed by atoms with van der Waals surface area (Å²) in [6.45, 7) is 4.70. The van der Waals surface area contributed by atoms with Gasteiger partial charge < -0.3 is 9.32 Å². The van der Waals surface area contributed by atoms with Gasteiger partial charge in [-0.3, -0.25) is 0 Å². The van der Waals surface area contributed by atoms with E-state index in [2.05, 4.69) is 134 Å². The van der Waals surface area contributed by atoms with Crippen molar-refractivity contribution in [3.05, 3.63) is 157 Å². The van der Waals surface area contributed by atoms with Crippen LogP contribution >= 0.6 is 0 Å². The minimum absolute atomic E-state index is 0.154. The largest absolute Gasteiger partial charge is 0.435 e. The molecule has 8 aromatic rings. The van der Waals surface area contributed by atoms with Gasteiger partial charge in [-0.1, -0.05) is 111 Å². The number of oxazole rings is 1. The molecule has 7 aromatic carbocycles. The summed E-state index contributed by atoms with van der Waals surface area (Å²) in [7, 11) is 0. The zero-order chi connectivity index (χ0) is 30.1. The molecule has 9 rings (SSSR count). The first-order valence-electron chi connectivity index (χ1n) is 15.5. The van der Waals surface area contributed by atoms with Crippen molar-refractivity contribution in [1.29, 1.82) is 0 Å². The lowest BCUT2D eigenvalue weighted by Crippen LogP contribution is -2.20. The first-order chi connectivity index (χ1) is 22.1. The van der Waals surface area contributed by atoms with E-state index in [4.69, 9.17) is 9.40 Å². The van der Waals surface area contributed by atoms with E-state index in [-0.39, 0.29) is 5.41 Å². The highest BCUT2D eigenvalue weighted by molar-refractivity contribution is 6.18. The molecule has 0 saturated heterocycles. The van der Waals surface area contributed by atoms with Crippen molar-refractivity contribution in [2.45, 2.75) is 19.3 Å². The summed E-state index contributed by atoms with van der Waals surface area (Å²) in [4.78, 5) is 7.31. The highest BCUT2D eigenvalue weighted by Crippen LogP contribution is 2.54. The summed E-state index contributed by atoms with van der Waals surface area (Å²) in [5.74, 6) is 0.638. The van der Waals surface area contributed by atoms with Crippen LogP contribution in [0.2, 0.25) is 0 Å². The number of nitrogens with zero attached hydrogens (tertiary/aromatic N) is 2. The third-order valence-electron chi connectivity index (χ3n) is 9.43. The molecule has 1 aliphatic carbocycles. The molecule has 0 saturated carbocycles. The lowest BCUT2D eigenvalue weighted by molar-refractivity contribution is 0.623. The minimum atomic E-state index is -0.154. The number of hydrogen-bond donors (Lipinski definition) is 0. The van der Waals surface area contributed by atoms with Gasteiger partial charge in [-0.15, -0.1) is 0 Å². The fourth-order valence-electron chi connectivity index (χ4n) is 7.36. The Morgan fingerprint density at radius 1 is 0.600 bits per heavy atom. The summed E-state index contributed by atoms with van der Waals surface area (Å²) in [5, 5.41) is 4.52. The highest BCUT2D eigenvalue weighted by atomic mass is 16.3. The highest BCUT2D eigenvalue weighted by Gasteiger charge is 2.38. The van der Waals surface area contributed by atoms with Crippen molar-refractivity contribution >= 4 is 49.7 Å². The molecule has 1 aliphatic rings. The zero-order valence-electron chi connectivity index (χ0n) is 25.2. The van der Waals surface area contributed by atoms with Gasteiger partial charge in [0.05, 0.1) is 5.69 Å². The molecule has 0 unspecified atom stereocenters. The molecule has 0 bridgehead atoms. The van der Waals surface area contributed by atoms with Gasteiger partial charge in [0, 0.05) is 27.7 Å². The number of hydrogen-bond acceptors (Lipinski definition) is 3. The SMILES string of the molecule is CC1(C)c2ccccc2-c2cccc(N(c3ccccc3)c3ccc4ccc5ccc6nc(-c7ccccc7)oc6c5c4c3)c21. The fraction of sp³-hybridized carbons (Fsp3) is 0.0714. The van der Waals surface area contributed by atoms with Crippen molar-refractivity contribution in [2.24, 2.45) is 0 Å². The minimum Gasteiger partial charge on any atom is -0.435 e. The average molecular weight is 579 g/mol. The first kappa shape index (κ1) is 25.8. The smallest absolute Gasteiger partial charge is 0.227 e. The second-order valence-electron chi connectivity index (χ2n) is 12.4. The van der Waals surface area contributed by atoms with Gasteiger partial charge >= 0.3 is 0 Å². The number of fused-ring (bicyclic) bond motifs is 8. The van der Waals surface area contributed by atoms with Crippen LogP contribution in [0, 0.1) is 0 Å². The Balaban J connectivity index is 1.31. The van der Waals surface area contributed by atoms with Gasteiger partial charge in [0.2, 0.25) is 5.89 Å². The van der Waals surface area contributed by atoms with Crippen molar-refractivity contribution in [2.75, 3.05) is 4.90 Å². The van der Waals surface area contributed by atoms with E-state index < -0.39 is 0 Å². The second kappa shape index (κ2) is 9.67. The number of para-hydroxylation sites is 1. The average Bonchev–Trinajstić information content (AvgIpc) is 3.63. The molecule has 0 fully saturated rings. The van der Waals surface area contributed by atoms with Crippen LogP contribution < -0.4 is 4.90 Å². The van der Waals surface area contributed by atoms with Gasteiger partial charge in [-0.2, -0.15) is 0 Å². The summed E-state index contributed by atoms with van der Waals surface area (Å²) in [5.41, 5.74) is 11.2. The Kier molecular flexibility index (Phi) is 5.54. The normalized spacial score (nSPS) is 13.3. The van der Waals surface area contributed by atoms with Crippen LogP contribution in [0.3, 0.4) is 0 Å². The summed E-state index contributed by atoms with van der Waals surface area (Å²) >= 11 is 0. The number of aromatic nitrogens is 1. The third kappa shape index (κ3) is 3.87. The fourth-order valence-corrected chi connectivity index (χ4v) is 7.36. The lowest BCUT2D eigenvalue weighted by atomic mass is 9.81. The predicted molar refractivity (Wildman–Crippen MR) is 187 cm³/mol. The molecule has 0 N–H and O–H groups in total. The van der Waals surface area contributed by atoms with E-state index in [1.54, 1.807) is 0 Å². The van der Waals surface area contributed by atoms with Crippen molar-refractivity contribution in [1.82, 2.24) is 4.98 Å². The number of benzene rings is 7. The van der Waals surface area contributed by atoms with E-state index in [9.17, 15) is 0 Å². The Morgan fingerprint density at radius 2 is 1.29 bits per heavy atom. The van der Waals surface area contributed by atoms with Crippen LogP contribution in [0.15, 0.2) is 150 Å². The molecule has 0 atom stereocenters. The standard InChI is InChI=1S/C42H30N2O/c1-42(2)35-18-10-9-16-32(35)33-17-11-19-37(39(33)42)44(30-14-7-4-8-15-30)31-24-22-27-20-21-28-23-25-36-40(38(28)34(27)26-31)45-41(43-36)29-12-5-3-6-13-29/h3-26H,1-2H3. The predicted octanol–water partition coefficient (Wildman–Crippen LogP) is 11.6. The molecule has 1 aromatic heterocycles. The van der Waals surface area contributed by atoms with E-state index >= 15 is 0 Å². The molecule has 0 aliphatic heterocycles. The Labute approximate surface area is 262 Å². The van der Waals surface area contributed by atoms with Gasteiger partial charge in [-0.25, -0.2) is 4.98 Å². The van der Waals surface area contributed by atoms with Crippen LogP contribution in [0.4, 0.5) is 17.1 Å². The number of anilines is 3. The quantitative estimate of drug-likeness (QED) is 0.195. The van der Waals surface area contributed by atoms with Crippen LogP contribution in [0.5, 0.6) is 0 Å². The van der Waals surface area contributed by atoms with Crippen LogP contribution in [-0.4, -0.2) is 4.98 Å². The van der Waals surface area contributed by atoms with Crippen molar-refractivity contribution in [3.63, 3.8) is 0 Å². The molecule has 0 amide bonds. The third-order valence-corrected chi connectivity index (χ3v) is 9.43. The number of rotatable bonds is 4. The molecular weight excluding hydrogens is 548 g/mol. The molecule has 0 radical (unpaired) electrons. The second-order valence-corrected chi connectivity index (χ2v) is 12.4. The molecule has 214 valence electrons. The monoisotopic (exact) mass is 578 g/mol. The van der Waals surface area contributed by atoms with E-state index in [0.717, 1.165) is 49.6 Å². The Hall–Kier alpha value is -5.67. The molecule has 3 heteroatoms. The molecular formula is C42H30N2O. The zero-order valence-corrected chi connectivity index (χ0v) is 25.2. The maximum absolute atomic E-state index is 6.54. The van der Waals surface area contributed by atoms with Gasteiger partial charge in [0.25, 0.3) is 0 Å². The van der Waals surface area contributed by atoms with Crippen molar-refractivity contribution in [3.8, 4) is 22.6 Å². The maximum atomic E-state index is 6.54. The van der Waals surface area contributed by atoms with Crippen LogP contribution in [0.25, 0.3) is 55.2 Å². The summed E-state index contributed by atoms with van der Waals surface area (Å²) in [6, 6.07) is 51.8. The summed E-state index contributed by atoms with van der Waals surface area (Å²) in [6.07, 6.45) is 0. The van der Waals surface area contributed by atoms with Gasteiger partial charge in [0.15, 0.2) is 5.58 Å². The molecule has 45 heavy (non-hydrogen) atoms. The first-order valence-corrected chi connectivity index (χ1v) is 15.5. The molecule has 1 heterocycles. The van der Waals surface area contributed by atoms with E-state index in [0.29, 0.717) is 5.89 Å². The van der Waals surface area contributed by atoms with E-state index in [1.807, 2.05) is 30.3 Å². The topological polar surface area (TPSA) is 29.3 Å². The molecule has 3 nitrogen and oxygen atoms in total. The van der Waals surface area contributed by atoms with Gasteiger partial charge in [0.1, 0.15) is 5.52 Å². The van der Waals surface area contributed by atoms with Crippen molar-refractivity contribution < 1.29 is 4.42 Å². The summed E-state index contributed by atoms with van der Waals surface area (Å²) < 4.78 is 6.54. The van der Waals surface area contributed by atoms with E-state index in [1.165, 1.54) is 27.9 Å².